The van der Waals surface area contributed by atoms with Gasteiger partial charge in [0.25, 0.3) is 0 Å². The first-order valence-electron chi connectivity index (χ1n) is 9.36. The summed E-state index contributed by atoms with van der Waals surface area (Å²) in [5, 5.41) is 1.43. The van der Waals surface area contributed by atoms with E-state index >= 15 is 0 Å². The van der Waals surface area contributed by atoms with E-state index in [1.54, 1.807) is 13.2 Å². The SMILES string of the molecule is CCCc1cc(=O)oc2c3c(c(Cl)cc12)OCN(Cc1ccccc1OC)C3. The number of methoxy groups -OCH3 is 1. The van der Waals surface area contributed by atoms with Gasteiger partial charge in [-0.15, -0.1) is 0 Å². The van der Waals surface area contributed by atoms with Crippen LogP contribution in [0.5, 0.6) is 11.5 Å². The van der Waals surface area contributed by atoms with Crippen molar-refractivity contribution in [2.24, 2.45) is 0 Å². The van der Waals surface area contributed by atoms with Gasteiger partial charge in [0, 0.05) is 30.1 Å². The van der Waals surface area contributed by atoms with Crippen molar-refractivity contribution < 1.29 is 13.9 Å². The molecular weight excluding hydrogens is 378 g/mol. The van der Waals surface area contributed by atoms with Crippen molar-refractivity contribution in [3.05, 3.63) is 68.5 Å². The Morgan fingerprint density at radius 3 is 2.82 bits per heavy atom. The van der Waals surface area contributed by atoms with E-state index in [1.807, 2.05) is 30.3 Å². The maximum absolute atomic E-state index is 12.1. The number of para-hydroxylation sites is 1. The highest BCUT2D eigenvalue weighted by molar-refractivity contribution is 6.33. The fourth-order valence-electron chi connectivity index (χ4n) is 3.75. The van der Waals surface area contributed by atoms with E-state index in [0.717, 1.165) is 40.7 Å². The van der Waals surface area contributed by atoms with E-state index in [1.165, 1.54) is 0 Å². The molecule has 6 heteroatoms. The van der Waals surface area contributed by atoms with Crippen LogP contribution in [0.3, 0.4) is 0 Å². The third-order valence-electron chi connectivity index (χ3n) is 5.00. The van der Waals surface area contributed by atoms with Gasteiger partial charge in [-0.2, -0.15) is 0 Å². The summed E-state index contributed by atoms with van der Waals surface area (Å²) in [5.74, 6) is 1.43. The van der Waals surface area contributed by atoms with Crippen LogP contribution >= 0.6 is 11.6 Å². The summed E-state index contributed by atoms with van der Waals surface area (Å²) in [6.45, 7) is 3.70. The molecule has 1 aliphatic rings. The molecule has 0 atom stereocenters. The summed E-state index contributed by atoms with van der Waals surface area (Å²) in [5.41, 5.74) is 3.07. The van der Waals surface area contributed by atoms with Gasteiger partial charge in [0.05, 0.1) is 17.7 Å². The number of ether oxygens (including phenoxy) is 2. The molecule has 1 aliphatic heterocycles. The summed E-state index contributed by atoms with van der Waals surface area (Å²) in [7, 11) is 1.66. The Hall–Kier alpha value is -2.50. The topological polar surface area (TPSA) is 51.9 Å². The van der Waals surface area contributed by atoms with Gasteiger partial charge in [-0.1, -0.05) is 43.1 Å². The molecule has 0 radical (unpaired) electrons. The van der Waals surface area contributed by atoms with Crippen molar-refractivity contribution in [3.8, 4) is 11.5 Å². The van der Waals surface area contributed by atoms with Crippen molar-refractivity contribution in [2.75, 3.05) is 13.8 Å². The highest BCUT2D eigenvalue weighted by atomic mass is 35.5. The van der Waals surface area contributed by atoms with E-state index < -0.39 is 0 Å². The number of hydrogen-bond acceptors (Lipinski definition) is 5. The van der Waals surface area contributed by atoms with E-state index in [2.05, 4.69) is 11.8 Å². The maximum atomic E-state index is 12.1. The van der Waals surface area contributed by atoms with Crippen molar-refractivity contribution in [1.82, 2.24) is 4.90 Å². The molecule has 1 aromatic heterocycles. The predicted octanol–water partition coefficient (Wildman–Crippen LogP) is 4.76. The molecule has 3 aromatic rings. The van der Waals surface area contributed by atoms with Crippen molar-refractivity contribution in [1.29, 1.82) is 0 Å². The molecule has 0 saturated heterocycles. The monoisotopic (exact) mass is 399 g/mol. The van der Waals surface area contributed by atoms with Crippen LogP contribution in [-0.2, 0) is 19.5 Å². The van der Waals surface area contributed by atoms with Crippen molar-refractivity contribution in [3.63, 3.8) is 0 Å². The summed E-state index contributed by atoms with van der Waals surface area (Å²) >= 11 is 6.51. The molecule has 0 fully saturated rings. The van der Waals surface area contributed by atoms with E-state index in [-0.39, 0.29) is 5.63 Å². The van der Waals surface area contributed by atoms with Gasteiger partial charge in [0.2, 0.25) is 0 Å². The number of fused-ring (bicyclic) bond motifs is 3. The number of halogens is 1. The molecule has 2 aromatic carbocycles. The minimum absolute atomic E-state index is 0.345. The van der Waals surface area contributed by atoms with Crippen molar-refractivity contribution in [2.45, 2.75) is 32.9 Å². The maximum Gasteiger partial charge on any atom is 0.336 e. The Kier molecular flexibility index (Phi) is 5.29. The Labute approximate surface area is 168 Å². The molecule has 28 heavy (non-hydrogen) atoms. The minimum Gasteiger partial charge on any atom is -0.496 e. The Morgan fingerprint density at radius 1 is 1.21 bits per heavy atom. The summed E-state index contributed by atoms with van der Waals surface area (Å²) < 4.78 is 17.0. The molecule has 4 rings (SSSR count). The number of nitrogens with zero attached hydrogens (tertiary/aromatic N) is 1. The first-order chi connectivity index (χ1) is 13.6. The van der Waals surface area contributed by atoms with Crippen LogP contribution in [0.25, 0.3) is 11.0 Å². The minimum atomic E-state index is -0.345. The standard InChI is InChI=1S/C22H22ClNO4/c1-3-6-14-9-20(25)28-21-16(14)10-18(23)22-17(21)12-24(13-27-22)11-15-7-4-5-8-19(15)26-2/h4-5,7-10H,3,6,11-13H2,1-2H3. The van der Waals surface area contributed by atoms with Crippen LogP contribution in [0.1, 0.15) is 30.0 Å². The van der Waals surface area contributed by atoms with Gasteiger partial charge in [-0.3, -0.25) is 4.90 Å². The quantitative estimate of drug-likeness (QED) is 0.579. The lowest BCUT2D eigenvalue weighted by atomic mass is 10.0. The molecule has 146 valence electrons. The fraction of sp³-hybridized carbons (Fsp3) is 0.318. The first-order valence-corrected chi connectivity index (χ1v) is 9.73. The zero-order valence-corrected chi connectivity index (χ0v) is 16.7. The molecular formula is C22H22ClNO4. The second kappa shape index (κ2) is 7.86. The highest BCUT2D eigenvalue weighted by Crippen LogP contribution is 2.40. The Morgan fingerprint density at radius 2 is 2.04 bits per heavy atom. The average Bonchev–Trinajstić information content (AvgIpc) is 2.69. The third-order valence-corrected chi connectivity index (χ3v) is 5.28. The van der Waals surface area contributed by atoms with Crippen LogP contribution in [0.4, 0.5) is 0 Å². The number of aryl methyl sites for hydroxylation is 1. The zero-order valence-electron chi connectivity index (χ0n) is 16.0. The van der Waals surface area contributed by atoms with E-state index in [9.17, 15) is 4.79 Å². The molecule has 0 unspecified atom stereocenters. The second-order valence-corrected chi connectivity index (χ2v) is 7.36. The van der Waals surface area contributed by atoms with Gasteiger partial charge in [-0.05, 0) is 24.1 Å². The molecule has 0 spiro atoms. The molecule has 2 heterocycles. The fourth-order valence-corrected chi connectivity index (χ4v) is 4.03. The lowest BCUT2D eigenvalue weighted by Crippen LogP contribution is -2.32. The molecule has 5 nitrogen and oxygen atoms in total. The van der Waals surface area contributed by atoms with Gasteiger partial charge in [0.15, 0.2) is 0 Å². The van der Waals surface area contributed by atoms with Gasteiger partial charge < -0.3 is 13.9 Å². The number of benzene rings is 2. The van der Waals surface area contributed by atoms with Crippen LogP contribution in [-0.4, -0.2) is 18.7 Å². The molecule has 0 N–H and O–H groups in total. The van der Waals surface area contributed by atoms with Gasteiger partial charge in [-0.25, -0.2) is 4.79 Å². The number of rotatable bonds is 5. The Balaban J connectivity index is 1.75. The second-order valence-electron chi connectivity index (χ2n) is 6.96. The van der Waals surface area contributed by atoms with Crippen LogP contribution < -0.4 is 15.1 Å². The lowest BCUT2D eigenvalue weighted by molar-refractivity contribution is 0.0883. The average molecular weight is 400 g/mol. The van der Waals surface area contributed by atoms with Crippen LogP contribution in [0.15, 0.2) is 45.6 Å². The van der Waals surface area contributed by atoms with Gasteiger partial charge >= 0.3 is 5.63 Å². The third kappa shape index (κ3) is 3.48. The molecule has 0 aliphatic carbocycles. The van der Waals surface area contributed by atoms with E-state index in [4.69, 9.17) is 25.5 Å². The lowest BCUT2D eigenvalue weighted by Gasteiger charge is -2.30. The summed E-state index contributed by atoms with van der Waals surface area (Å²) in [6.07, 6.45) is 1.73. The van der Waals surface area contributed by atoms with E-state index in [0.29, 0.717) is 36.2 Å². The first kappa shape index (κ1) is 18.8. The van der Waals surface area contributed by atoms with Crippen molar-refractivity contribution >= 4 is 22.6 Å². The summed E-state index contributed by atoms with van der Waals surface area (Å²) in [6, 6.07) is 11.3. The largest absolute Gasteiger partial charge is 0.496 e. The van der Waals surface area contributed by atoms with Crippen LogP contribution in [0.2, 0.25) is 5.02 Å². The number of hydrogen-bond donors (Lipinski definition) is 0. The van der Waals surface area contributed by atoms with Crippen LogP contribution in [0, 0.1) is 0 Å². The van der Waals surface area contributed by atoms with Gasteiger partial charge in [0.1, 0.15) is 23.8 Å². The normalized spacial score (nSPS) is 14.0. The molecule has 0 saturated carbocycles. The smallest absolute Gasteiger partial charge is 0.336 e. The Bertz CT molecular complexity index is 1080. The highest BCUT2D eigenvalue weighted by Gasteiger charge is 2.25. The molecule has 0 amide bonds. The molecule has 0 bridgehead atoms. The summed E-state index contributed by atoms with van der Waals surface area (Å²) in [4.78, 5) is 14.3. The predicted molar refractivity (Wildman–Crippen MR) is 109 cm³/mol. The zero-order chi connectivity index (χ0) is 19.7.